The highest BCUT2D eigenvalue weighted by Gasteiger charge is 2.23. The Balaban J connectivity index is 2.98. The normalized spacial score (nSPS) is 13.1. The second-order valence-electron chi connectivity index (χ2n) is 3.33. The molecule has 0 saturated heterocycles. The first-order valence-corrected chi connectivity index (χ1v) is 6.52. The van der Waals surface area contributed by atoms with Crippen molar-refractivity contribution >= 4 is 32.9 Å². The van der Waals surface area contributed by atoms with E-state index in [0.29, 0.717) is 11.4 Å². The van der Waals surface area contributed by atoms with Crippen LogP contribution in [0.5, 0.6) is 0 Å². The molecule has 1 rings (SSSR count). The van der Waals surface area contributed by atoms with Gasteiger partial charge in [0.05, 0.1) is 16.4 Å². The number of rotatable bonds is 4. The lowest BCUT2D eigenvalue weighted by Gasteiger charge is -2.14. The van der Waals surface area contributed by atoms with Gasteiger partial charge in [-0.15, -0.1) is 0 Å². The molecule has 0 aliphatic rings. The molecule has 0 saturated carbocycles. The fourth-order valence-electron chi connectivity index (χ4n) is 0.987. The Hall–Kier alpha value is -1.21. The highest BCUT2D eigenvalue weighted by molar-refractivity contribution is 7.95. The van der Waals surface area contributed by atoms with Crippen LogP contribution in [0.25, 0.3) is 0 Å². The second-order valence-corrected chi connectivity index (χ2v) is 5.80. The summed E-state index contributed by atoms with van der Waals surface area (Å²) in [5, 5.41) is -0.915. The number of pyridine rings is 1. The van der Waals surface area contributed by atoms with Crippen LogP contribution in [0.15, 0.2) is 18.3 Å². The SMILES string of the molecule is Cc1ncccc1NS(=O)(=O)C(C)C(N)=S. The average Bonchev–Trinajstić information content (AvgIpc) is 2.20. The molecule has 0 aliphatic carbocycles. The number of nitrogens with one attached hydrogen (secondary N) is 1. The van der Waals surface area contributed by atoms with E-state index in [-0.39, 0.29) is 4.99 Å². The predicted molar refractivity (Wildman–Crippen MR) is 67.8 cm³/mol. The van der Waals surface area contributed by atoms with Gasteiger partial charge in [0.15, 0.2) is 0 Å². The molecule has 7 heteroatoms. The van der Waals surface area contributed by atoms with Gasteiger partial charge in [-0.1, -0.05) is 12.2 Å². The standard InChI is InChI=1S/C9H13N3O2S2/c1-6-8(4-3-5-11-6)12-16(13,14)7(2)9(10)15/h3-5,7,12H,1-2H3,(H2,10,15). The van der Waals surface area contributed by atoms with Gasteiger partial charge >= 0.3 is 0 Å². The van der Waals surface area contributed by atoms with Crippen LogP contribution in [-0.4, -0.2) is 23.6 Å². The molecule has 1 heterocycles. The molecule has 0 spiro atoms. The molecular weight excluding hydrogens is 246 g/mol. The van der Waals surface area contributed by atoms with E-state index < -0.39 is 15.3 Å². The van der Waals surface area contributed by atoms with Gasteiger partial charge in [-0.05, 0) is 26.0 Å². The van der Waals surface area contributed by atoms with Crippen LogP contribution in [0, 0.1) is 6.92 Å². The summed E-state index contributed by atoms with van der Waals surface area (Å²) >= 11 is 4.66. The Kier molecular flexibility index (Phi) is 3.82. The average molecular weight is 259 g/mol. The van der Waals surface area contributed by atoms with E-state index in [9.17, 15) is 8.42 Å². The molecule has 3 N–H and O–H groups in total. The highest BCUT2D eigenvalue weighted by atomic mass is 32.2. The van der Waals surface area contributed by atoms with Crippen molar-refractivity contribution in [1.29, 1.82) is 0 Å². The molecule has 0 amide bonds. The number of sulfonamides is 1. The fraction of sp³-hybridized carbons (Fsp3) is 0.333. The first kappa shape index (κ1) is 12.9. The van der Waals surface area contributed by atoms with Crippen LogP contribution in [0.1, 0.15) is 12.6 Å². The summed E-state index contributed by atoms with van der Waals surface area (Å²) < 4.78 is 26.0. The third-order valence-electron chi connectivity index (χ3n) is 2.13. The molecule has 1 aromatic heterocycles. The Morgan fingerprint density at radius 2 is 2.25 bits per heavy atom. The monoisotopic (exact) mass is 259 g/mol. The van der Waals surface area contributed by atoms with E-state index >= 15 is 0 Å². The van der Waals surface area contributed by atoms with Crippen LogP contribution in [0.3, 0.4) is 0 Å². The van der Waals surface area contributed by atoms with Crippen molar-refractivity contribution in [2.75, 3.05) is 4.72 Å². The summed E-state index contributed by atoms with van der Waals surface area (Å²) in [6.45, 7) is 3.15. The molecule has 0 aromatic carbocycles. The Bertz CT molecular complexity index is 499. The molecular formula is C9H13N3O2S2. The second kappa shape index (κ2) is 4.75. The number of hydrogen-bond donors (Lipinski definition) is 2. The van der Waals surface area contributed by atoms with E-state index in [2.05, 4.69) is 21.9 Å². The van der Waals surface area contributed by atoms with E-state index in [1.807, 2.05) is 0 Å². The van der Waals surface area contributed by atoms with E-state index in [4.69, 9.17) is 5.73 Å². The number of hydrogen-bond acceptors (Lipinski definition) is 4. The lowest BCUT2D eigenvalue weighted by Crippen LogP contribution is -2.35. The predicted octanol–water partition coefficient (Wildman–Crippen LogP) is 0.806. The summed E-state index contributed by atoms with van der Waals surface area (Å²) in [7, 11) is -3.59. The number of thiocarbonyl (C=S) groups is 1. The summed E-state index contributed by atoms with van der Waals surface area (Å²) in [6, 6.07) is 3.28. The number of nitrogens with zero attached hydrogens (tertiary/aromatic N) is 1. The van der Waals surface area contributed by atoms with Gasteiger partial charge in [0.2, 0.25) is 10.0 Å². The van der Waals surface area contributed by atoms with Gasteiger partial charge in [0, 0.05) is 6.20 Å². The maximum Gasteiger partial charge on any atom is 0.241 e. The summed E-state index contributed by atoms with van der Waals surface area (Å²) in [4.78, 5) is 3.92. The van der Waals surface area contributed by atoms with Crippen molar-refractivity contribution in [1.82, 2.24) is 4.98 Å². The molecule has 1 aromatic rings. The minimum absolute atomic E-state index is 0.0611. The molecule has 0 aliphatic heterocycles. The minimum atomic E-state index is -3.59. The van der Waals surface area contributed by atoms with Gasteiger partial charge in [0.1, 0.15) is 5.25 Å². The van der Waals surface area contributed by atoms with E-state index in [0.717, 1.165) is 0 Å². The quantitative estimate of drug-likeness (QED) is 0.781. The smallest absolute Gasteiger partial charge is 0.241 e. The summed E-state index contributed by atoms with van der Waals surface area (Å²) in [5.41, 5.74) is 6.34. The largest absolute Gasteiger partial charge is 0.392 e. The third kappa shape index (κ3) is 2.89. The lowest BCUT2D eigenvalue weighted by atomic mass is 10.3. The van der Waals surface area contributed by atoms with Crippen LogP contribution in [-0.2, 0) is 10.0 Å². The molecule has 5 nitrogen and oxygen atoms in total. The number of aryl methyl sites for hydroxylation is 1. The van der Waals surface area contributed by atoms with Crippen molar-refractivity contribution < 1.29 is 8.42 Å². The molecule has 88 valence electrons. The first-order valence-electron chi connectivity index (χ1n) is 4.57. The third-order valence-corrected chi connectivity index (χ3v) is 4.32. The molecule has 0 radical (unpaired) electrons. The van der Waals surface area contributed by atoms with Crippen molar-refractivity contribution in [2.24, 2.45) is 5.73 Å². The summed E-state index contributed by atoms with van der Waals surface area (Å²) in [5.74, 6) is 0. The molecule has 0 fully saturated rings. The van der Waals surface area contributed by atoms with E-state index in [1.54, 1.807) is 25.3 Å². The Labute approximate surface area is 100 Å². The lowest BCUT2D eigenvalue weighted by molar-refractivity contribution is 0.598. The topological polar surface area (TPSA) is 85.1 Å². The van der Waals surface area contributed by atoms with Gasteiger partial charge < -0.3 is 5.73 Å². The molecule has 1 unspecified atom stereocenters. The van der Waals surface area contributed by atoms with Gasteiger partial charge in [-0.25, -0.2) is 8.42 Å². The zero-order valence-corrected chi connectivity index (χ0v) is 10.6. The maximum absolute atomic E-state index is 11.8. The zero-order valence-electron chi connectivity index (χ0n) is 8.97. The molecule has 0 bridgehead atoms. The first-order chi connectivity index (χ1) is 7.34. The van der Waals surface area contributed by atoms with Gasteiger partial charge in [-0.2, -0.15) is 0 Å². The van der Waals surface area contributed by atoms with Crippen LogP contribution >= 0.6 is 12.2 Å². The van der Waals surface area contributed by atoms with Crippen LogP contribution in [0.2, 0.25) is 0 Å². The van der Waals surface area contributed by atoms with Gasteiger partial charge in [0.25, 0.3) is 0 Å². The molecule has 1 atom stereocenters. The number of anilines is 1. The fourth-order valence-corrected chi connectivity index (χ4v) is 2.37. The zero-order chi connectivity index (χ0) is 12.3. The Morgan fingerprint density at radius 3 is 2.75 bits per heavy atom. The highest BCUT2D eigenvalue weighted by Crippen LogP contribution is 2.14. The van der Waals surface area contributed by atoms with E-state index in [1.165, 1.54) is 6.92 Å². The number of nitrogens with two attached hydrogens (primary N) is 1. The van der Waals surface area contributed by atoms with Crippen molar-refractivity contribution in [3.05, 3.63) is 24.0 Å². The van der Waals surface area contributed by atoms with Crippen LogP contribution < -0.4 is 10.5 Å². The minimum Gasteiger partial charge on any atom is -0.392 e. The van der Waals surface area contributed by atoms with Crippen molar-refractivity contribution in [3.8, 4) is 0 Å². The van der Waals surface area contributed by atoms with Crippen molar-refractivity contribution in [2.45, 2.75) is 19.1 Å². The number of aromatic nitrogens is 1. The van der Waals surface area contributed by atoms with Crippen molar-refractivity contribution in [3.63, 3.8) is 0 Å². The van der Waals surface area contributed by atoms with Gasteiger partial charge in [-0.3, -0.25) is 9.71 Å². The Morgan fingerprint density at radius 1 is 1.62 bits per heavy atom. The summed E-state index contributed by atoms with van der Waals surface area (Å²) in [6.07, 6.45) is 1.59. The maximum atomic E-state index is 11.8. The molecule has 16 heavy (non-hydrogen) atoms. The van der Waals surface area contributed by atoms with Crippen LogP contribution in [0.4, 0.5) is 5.69 Å².